The zero-order valence-corrected chi connectivity index (χ0v) is 18.5. The summed E-state index contributed by atoms with van der Waals surface area (Å²) in [6.07, 6.45) is 0.197. The zero-order chi connectivity index (χ0) is 23.3. The van der Waals surface area contributed by atoms with Crippen molar-refractivity contribution >= 4 is 37.7 Å². The fourth-order valence-electron chi connectivity index (χ4n) is 4.34. The van der Waals surface area contributed by atoms with E-state index in [1.807, 2.05) is 36.4 Å². The van der Waals surface area contributed by atoms with E-state index >= 15 is 0 Å². The van der Waals surface area contributed by atoms with E-state index < -0.39 is 33.5 Å². The van der Waals surface area contributed by atoms with Crippen LogP contribution in [0.2, 0.25) is 0 Å². The summed E-state index contributed by atoms with van der Waals surface area (Å²) in [4.78, 5) is 25.2. The molecular formula is C24H21NO7S. The Bertz CT molecular complexity index is 1550. The first-order valence-corrected chi connectivity index (χ1v) is 12.2. The fourth-order valence-corrected chi connectivity index (χ4v) is 6.08. The van der Waals surface area contributed by atoms with Gasteiger partial charge in [0.2, 0.25) is 5.91 Å². The second-order valence-electron chi connectivity index (χ2n) is 8.35. The Morgan fingerprint density at radius 1 is 1.12 bits per heavy atom. The number of benzene rings is 2. The number of amides is 1. The number of carbonyl (C=O) groups excluding carboxylic acids is 1. The van der Waals surface area contributed by atoms with Crippen LogP contribution in [0, 0.1) is 6.92 Å². The van der Waals surface area contributed by atoms with Crippen molar-refractivity contribution in [1.29, 1.82) is 0 Å². The maximum absolute atomic E-state index is 12.6. The molecule has 33 heavy (non-hydrogen) atoms. The topological polar surface area (TPSA) is 127 Å². The van der Waals surface area contributed by atoms with Crippen molar-refractivity contribution in [3.63, 3.8) is 0 Å². The molecule has 2 aromatic carbocycles. The predicted molar refractivity (Wildman–Crippen MR) is 123 cm³/mol. The van der Waals surface area contributed by atoms with Crippen molar-refractivity contribution in [3.8, 4) is 11.1 Å². The minimum atomic E-state index is -3.40. The van der Waals surface area contributed by atoms with Gasteiger partial charge >= 0.3 is 5.63 Å². The van der Waals surface area contributed by atoms with Crippen molar-refractivity contribution in [1.82, 2.24) is 5.32 Å². The molecule has 1 saturated heterocycles. The minimum Gasteiger partial charge on any atom is -0.464 e. The third kappa shape index (κ3) is 3.94. The second-order valence-corrected chi connectivity index (χ2v) is 10.5. The van der Waals surface area contributed by atoms with Crippen LogP contribution in [0.15, 0.2) is 62.4 Å². The molecule has 1 fully saturated rings. The lowest BCUT2D eigenvalue weighted by Gasteiger charge is -2.15. The Balaban J connectivity index is 1.51. The van der Waals surface area contributed by atoms with E-state index in [2.05, 4.69) is 5.32 Å². The van der Waals surface area contributed by atoms with Gasteiger partial charge in [-0.3, -0.25) is 4.79 Å². The van der Waals surface area contributed by atoms with E-state index in [0.29, 0.717) is 22.1 Å². The monoisotopic (exact) mass is 467 g/mol. The smallest absolute Gasteiger partial charge is 0.340 e. The predicted octanol–water partition coefficient (Wildman–Crippen LogP) is 2.33. The third-order valence-corrected chi connectivity index (χ3v) is 7.79. The molecule has 2 N–H and O–H groups in total. The van der Waals surface area contributed by atoms with Gasteiger partial charge in [-0.25, -0.2) is 13.2 Å². The van der Waals surface area contributed by atoms with Gasteiger partial charge in [0.1, 0.15) is 11.2 Å². The average Bonchev–Trinajstić information content (AvgIpc) is 3.29. The molecule has 0 saturated carbocycles. The lowest BCUT2D eigenvalue weighted by atomic mass is 9.99. The molecule has 0 radical (unpaired) electrons. The van der Waals surface area contributed by atoms with Crippen molar-refractivity contribution in [2.75, 3.05) is 11.5 Å². The molecule has 0 aliphatic carbocycles. The number of hydrogen-bond donors (Lipinski definition) is 2. The average molecular weight is 467 g/mol. The Morgan fingerprint density at radius 2 is 1.88 bits per heavy atom. The van der Waals surface area contributed by atoms with Crippen LogP contribution in [0.1, 0.15) is 11.1 Å². The van der Waals surface area contributed by atoms with Crippen molar-refractivity contribution in [2.45, 2.75) is 25.5 Å². The van der Waals surface area contributed by atoms with Gasteiger partial charge in [-0.2, -0.15) is 0 Å². The molecule has 1 amide bonds. The van der Waals surface area contributed by atoms with Crippen LogP contribution in [0.3, 0.4) is 0 Å². The Hall–Kier alpha value is -3.43. The van der Waals surface area contributed by atoms with Crippen LogP contribution < -0.4 is 10.9 Å². The minimum absolute atomic E-state index is 0.180. The van der Waals surface area contributed by atoms with Crippen LogP contribution in [0.25, 0.3) is 33.1 Å². The van der Waals surface area contributed by atoms with Gasteiger partial charge < -0.3 is 19.3 Å². The molecule has 0 bridgehead atoms. The molecule has 2 aromatic heterocycles. The molecule has 5 rings (SSSR count). The van der Waals surface area contributed by atoms with Gasteiger partial charge in [0.15, 0.2) is 9.84 Å². The number of hydrogen-bond acceptors (Lipinski definition) is 7. The number of sulfone groups is 1. The second kappa shape index (κ2) is 7.86. The molecule has 1 aliphatic rings. The van der Waals surface area contributed by atoms with Crippen molar-refractivity contribution < 1.29 is 27.2 Å². The maximum Gasteiger partial charge on any atom is 0.340 e. The molecular weight excluding hydrogens is 446 g/mol. The quantitative estimate of drug-likeness (QED) is 0.441. The highest BCUT2D eigenvalue weighted by Gasteiger charge is 2.37. The Morgan fingerprint density at radius 3 is 2.58 bits per heavy atom. The summed E-state index contributed by atoms with van der Waals surface area (Å²) >= 11 is 0. The highest BCUT2D eigenvalue weighted by Crippen LogP contribution is 2.34. The number of fused-ring (bicyclic) bond motifs is 2. The lowest BCUT2D eigenvalue weighted by Crippen LogP contribution is -2.43. The first-order valence-electron chi connectivity index (χ1n) is 10.4. The summed E-state index contributed by atoms with van der Waals surface area (Å²) in [5.41, 5.74) is 2.93. The SMILES string of the molecule is Cc1c(CC(=O)N[C@@H]2CS(=O)(=O)C[C@H]2O)c(=O)oc2cc3occ(-c4ccccc4)c3cc12. The summed E-state index contributed by atoms with van der Waals surface area (Å²) in [5, 5.41) is 14.0. The molecule has 3 heterocycles. The first kappa shape index (κ1) is 21.4. The van der Waals surface area contributed by atoms with Crippen molar-refractivity contribution in [2.24, 2.45) is 0 Å². The maximum atomic E-state index is 12.6. The van der Waals surface area contributed by atoms with Gasteiger partial charge in [0.05, 0.1) is 41.9 Å². The van der Waals surface area contributed by atoms with E-state index in [4.69, 9.17) is 8.83 Å². The number of aryl methyl sites for hydroxylation is 1. The zero-order valence-electron chi connectivity index (χ0n) is 17.7. The van der Waals surface area contributed by atoms with Gasteiger partial charge in [-0.1, -0.05) is 30.3 Å². The van der Waals surface area contributed by atoms with Gasteiger partial charge in [-0.05, 0) is 24.1 Å². The van der Waals surface area contributed by atoms with E-state index in [1.165, 1.54) is 0 Å². The standard InChI is InChI=1S/C24H21NO7S/c1-13-15-7-17-18(14-5-3-2-4-6-14)10-31-21(17)9-22(15)32-24(28)16(13)8-23(27)25-19-11-33(29,30)12-20(19)26/h2-7,9-10,19-20,26H,8,11-12H2,1H3,(H,25,27)/t19-,20-/m1/s1. The number of furan rings is 1. The number of aliphatic hydroxyl groups is 1. The molecule has 2 atom stereocenters. The summed E-state index contributed by atoms with van der Waals surface area (Å²) in [7, 11) is -3.40. The van der Waals surface area contributed by atoms with E-state index in [9.17, 15) is 23.1 Å². The largest absolute Gasteiger partial charge is 0.464 e. The Labute approximate surface area is 188 Å². The van der Waals surface area contributed by atoms with E-state index in [-0.39, 0.29) is 23.5 Å². The molecule has 0 spiro atoms. The van der Waals surface area contributed by atoms with Gasteiger partial charge in [-0.15, -0.1) is 0 Å². The van der Waals surface area contributed by atoms with Crippen LogP contribution >= 0.6 is 0 Å². The molecule has 1 aliphatic heterocycles. The molecule has 9 heteroatoms. The lowest BCUT2D eigenvalue weighted by molar-refractivity contribution is -0.121. The number of nitrogens with one attached hydrogen (secondary N) is 1. The molecule has 170 valence electrons. The highest BCUT2D eigenvalue weighted by molar-refractivity contribution is 7.91. The van der Waals surface area contributed by atoms with Crippen LogP contribution in [-0.2, 0) is 21.1 Å². The summed E-state index contributed by atoms with van der Waals surface area (Å²) in [6, 6.07) is 12.4. The summed E-state index contributed by atoms with van der Waals surface area (Å²) in [6.45, 7) is 1.74. The van der Waals surface area contributed by atoms with Crippen LogP contribution in [-0.4, -0.2) is 43.1 Å². The molecule has 8 nitrogen and oxygen atoms in total. The fraction of sp³-hybridized carbons (Fsp3) is 0.250. The summed E-state index contributed by atoms with van der Waals surface area (Å²) in [5.74, 6) is -1.27. The van der Waals surface area contributed by atoms with Gasteiger partial charge in [0, 0.05) is 22.4 Å². The van der Waals surface area contributed by atoms with Crippen LogP contribution in [0.4, 0.5) is 0 Å². The highest BCUT2D eigenvalue weighted by atomic mass is 32.2. The van der Waals surface area contributed by atoms with Crippen molar-refractivity contribution in [3.05, 3.63) is 70.3 Å². The molecule has 0 unspecified atom stereocenters. The first-order chi connectivity index (χ1) is 15.7. The van der Waals surface area contributed by atoms with Crippen LogP contribution in [0.5, 0.6) is 0 Å². The van der Waals surface area contributed by atoms with Gasteiger partial charge in [0.25, 0.3) is 0 Å². The number of aliphatic hydroxyl groups excluding tert-OH is 1. The van der Waals surface area contributed by atoms with E-state index in [1.54, 1.807) is 19.3 Å². The number of carbonyl (C=O) groups is 1. The number of rotatable bonds is 4. The normalized spacial score (nSPS) is 19.8. The van der Waals surface area contributed by atoms with E-state index in [0.717, 1.165) is 16.5 Å². The Kier molecular flexibility index (Phi) is 5.10. The molecule has 4 aromatic rings. The summed E-state index contributed by atoms with van der Waals surface area (Å²) < 4.78 is 34.5. The third-order valence-electron chi connectivity index (χ3n) is 6.07.